The van der Waals surface area contributed by atoms with E-state index >= 15 is 0 Å². The minimum atomic E-state index is -0.610. The first-order chi connectivity index (χ1) is 9.67. The third kappa shape index (κ3) is 4.26. The van der Waals surface area contributed by atoms with Gasteiger partial charge in [0.2, 0.25) is 0 Å². The fourth-order valence-electron chi connectivity index (χ4n) is 1.93. The van der Waals surface area contributed by atoms with Crippen molar-refractivity contribution in [2.75, 3.05) is 18.4 Å². The van der Waals surface area contributed by atoms with Crippen molar-refractivity contribution in [2.24, 2.45) is 0 Å². The molecule has 6 nitrogen and oxygen atoms in total. The normalized spacial score (nSPS) is 16.8. The van der Waals surface area contributed by atoms with Gasteiger partial charge in [-0.3, -0.25) is 5.32 Å². The maximum absolute atomic E-state index is 11.7. The number of hydrogen-bond donors (Lipinski definition) is 3. The van der Waals surface area contributed by atoms with Gasteiger partial charge in [0.1, 0.15) is 22.7 Å². The average molecular weight is 294 g/mol. The maximum atomic E-state index is 11.7. The van der Waals surface area contributed by atoms with Crippen LogP contribution in [0.4, 0.5) is 10.5 Å². The molecule has 0 aromatic heterocycles. The fraction of sp³-hybridized carbons (Fsp3) is 0.533. The highest BCUT2D eigenvalue weighted by Gasteiger charge is 2.33. The largest absolute Gasteiger partial charge is 0.506 e. The lowest BCUT2D eigenvalue weighted by atomic mass is 10.00. The zero-order valence-electron chi connectivity index (χ0n) is 12.8. The van der Waals surface area contributed by atoms with Gasteiger partial charge in [0.25, 0.3) is 0 Å². The van der Waals surface area contributed by atoms with E-state index < -0.39 is 11.7 Å². The zero-order chi connectivity index (χ0) is 15.7. The molecule has 21 heavy (non-hydrogen) atoms. The molecule has 1 aliphatic rings. The highest BCUT2D eigenvalue weighted by Crippen LogP contribution is 2.31. The van der Waals surface area contributed by atoms with E-state index in [0.29, 0.717) is 5.75 Å². The molecule has 116 valence electrons. The highest BCUT2D eigenvalue weighted by atomic mass is 16.6. The Morgan fingerprint density at radius 3 is 2.52 bits per heavy atom. The summed E-state index contributed by atoms with van der Waals surface area (Å²) in [6.45, 7) is 8.86. The molecule has 0 bridgehead atoms. The molecule has 1 heterocycles. The predicted octanol–water partition coefficient (Wildman–Crippen LogP) is 2.48. The molecule has 0 saturated carbocycles. The lowest BCUT2D eigenvalue weighted by Gasteiger charge is -2.39. The molecular formula is C15H22N2O4. The third-order valence-corrected chi connectivity index (χ3v) is 2.97. The van der Waals surface area contributed by atoms with Gasteiger partial charge >= 0.3 is 6.09 Å². The summed E-state index contributed by atoms with van der Waals surface area (Å²) in [6, 6.07) is 4.77. The first-order valence-electron chi connectivity index (χ1n) is 6.90. The monoisotopic (exact) mass is 294 g/mol. The second-order valence-corrected chi connectivity index (χ2v) is 6.46. The van der Waals surface area contributed by atoms with Crippen LogP contribution in [0.3, 0.4) is 0 Å². The molecule has 0 atom stereocenters. The van der Waals surface area contributed by atoms with Gasteiger partial charge in [-0.1, -0.05) is 0 Å². The minimum Gasteiger partial charge on any atom is -0.506 e. The number of anilines is 1. The topological polar surface area (TPSA) is 79.8 Å². The first kappa shape index (κ1) is 15.4. The summed E-state index contributed by atoms with van der Waals surface area (Å²) in [5.41, 5.74) is -0.547. The van der Waals surface area contributed by atoms with Crippen LogP contribution in [0.15, 0.2) is 18.2 Å². The Balaban J connectivity index is 2.00. The van der Waals surface area contributed by atoms with Crippen molar-refractivity contribution in [3.05, 3.63) is 18.2 Å². The van der Waals surface area contributed by atoms with Crippen LogP contribution in [0.2, 0.25) is 0 Å². The van der Waals surface area contributed by atoms with E-state index in [1.54, 1.807) is 32.9 Å². The summed E-state index contributed by atoms with van der Waals surface area (Å²) in [5, 5.41) is 15.6. The summed E-state index contributed by atoms with van der Waals surface area (Å²) in [5.74, 6) is 0.500. The Bertz CT molecular complexity index is 533. The highest BCUT2D eigenvalue weighted by molar-refractivity contribution is 5.87. The van der Waals surface area contributed by atoms with Gasteiger partial charge < -0.3 is 19.9 Å². The van der Waals surface area contributed by atoms with Crippen LogP contribution in [0, 0.1) is 0 Å². The molecular weight excluding hydrogens is 272 g/mol. The van der Waals surface area contributed by atoms with E-state index in [9.17, 15) is 9.90 Å². The molecule has 1 saturated heterocycles. The van der Waals surface area contributed by atoms with Gasteiger partial charge in [-0.25, -0.2) is 4.79 Å². The maximum Gasteiger partial charge on any atom is 0.412 e. The Morgan fingerprint density at radius 2 is 2.05 bits per heavy atom. The number of nitrogens with one attached hydrogen (secondary N) is 2. The SMILES string of the molecule is CC(C)(C)OC(=O)Nc1ccc(OC2(C)CNC2)cc1O. The number of rotatable bonds is 3. The number of carbonyl (C=O) groups is 1. The van der Waals surface area contributed by atoms with Crippen LogP contribution in [-0.4, -0.2) is 35.5 Å². The quantitative estimate of drug-likeness (QED) is 0.746. The number of aromatic hydroxyl groups is 1. The van der Waals surface area contributed by atoms with E-state index in [1.807, 2.05) is 6.92 Å². The molecule has 3 N–H and O–H groups in total. The van der Waals surface area contributed by atoms with Crippen LogP contribution >= 0.6 is 0 Å². The molecule has 2 rings (SSSR count). The van der Waals surface area contributed by atoms with Crippen molar-refractivity contribution in [1.82, 2.24) is 5.32 Å². The Kier molecular flexibility index (Phi) is 4.00. The molecule has 1 aromatic carbocycles. The number of ether oxygens (including phenoxy) is 2. The van der Waals surface area contributed by atoms with E-state index in [2.05, 4.69) is 10.6 Å². The van der Waals surface area contributed by atoms with E-state index in [1.165, 1.54) is 6.07 Å². The van der Waals surface area contributed by atoms with Crippen molar-refractivity contribution < 1.29 is 19.4 Å². The average Bonchev–Trinajstić information content (AvgIpc) is 2.28. The number of phenolic OH excluding ortho intramolecular Hbond substituents is 1. The van der Waals surface area contributed by atoms with Crippen LogP contribution < -0.4 is 15.4 Å². The summed E-state index contributed by atoms with van der Waals surface area (Å²) >= 11 is 0. The zero-order valence-corrected chi connectivity index (χ0v) is 12.8. The van der Waals surface area contributed by atoms with Gasteiger partial charge in [-0.05, 0) is 39.8 Å². The van der Waals surface area contributed by atoms with Crippen LogP contribution in [-0.2, 0) is 4.74 Å². The minimum absolute atomic E-state index is 0.0609. The summed E-state index contributed by atoms with van der Waals surface area (Å²) in [4.78, 5) is 11.7. The summed E-state index contributed by atoms with van der Waals surface area (Å²) in [7, 11) is 0. The number of phenols is 1. The van der Waals surface area contributed by atoms with Crippen molar-refractivity contribution in [1.29, 1.82) is 0 Å². The smallest absolute Gasteiger partial charge is 0.412 e. The second kappa shape index (κ2) is 5.44. The van der Waals surface area contributed by atoms with Crippen molar-refractivity contribution in [2.45, 2.75) is 38.9 Å². The lowest BCUT2D eigenvalue weighted by molar-refractivity contribution is 0.0347. The molecule has 1 amide bonds. The molecule has 1 aromatic rings. The van der Waals surface area contributed by atoms with Crippen molar-refractivity contribution in [3.63, 3.8) is 0 Å². The van der Waals surface area contributed by atoms with Crippen LogP contribution in [0.25, 0.3) is 0 Å². The van der Waals surface area contributed by atoms with Crippen molar-refractivity contribution >= 4 is 11.8 Å². The van der Waals surface area contributed by atoms with Crippen LogP contribution in [0.1, 0.15) is 27.7 Å². The number of carbonyl (C=O) groups excluding carboxylic acids is 1. The molecule has 1 aliphatic heterocycles. The Labute approximate surface area is 124 Å². The Hall–Kier alpha value is -1.95. The molecule has 1 fully saturated rings. The standard InChI is InChI=1S/C15H22N2O4/c1-14(2,3)21-13(19)17-11-6-5-10(7-12(11)18)20-15(4)8-16-9-15/h5-7,16,18H,8-9H2,1-4H3,(H,17,19). The summed E-state index contributed by atoms with van der Waals surface area (Å²) < 4.78 is 10.9. The van der Waals surface area contributed by atoms with E-state index in [-0.39, 0.29) is 17.0 Å². The van der Waals surface area contributed by atoms with E-state index in [0.717, 1.165) is 13.1 Å². The first-order valence-corrected chi connectivity index (χ1v) is 6.90. The lowest BCUT2D eigenvalue weighted by Crippen LogP contribution is -2.60. The molecule has 0 aliphatic carbocycles. The molecule has 0 spiro atoms. The number of hydrogen-bond acceptors (Lipinski definition) is 5. The van der Waals surface area contributed by atoms with Gasteiger partial charge in [-0.2, -0.15) is 0 Å². The number of amides is 1. The van der Waals surface area contributed by atoms with Gasteiger partial charge in [0.05, 0.1) is 5.69 Å². The van der Waals surface area contributed by atoms with Gasteiger partial charge in [0.15, 0.2) is 0 Å². The van der Waals surface area contributed by atoms with Crippen molar-refractivity contribution in [3.8, 4) is 11.5 Å². The third-order valence-electron chi connectivity index (χ3n) is 2.97. The molecule has 0 unspecified atom stereocenters. The van der Waals surface area contributed by atoms with E-state index in [4.69, 9.17) is 9.47 Å². The van der Waals surface area contributed by atoms with Gasteiger partial charge in [-0.15, -0.1) is 0 Å². The Morgan fingerprint density at radius 1 is 1.38 bits per heavy atom. The predicted molar refractivity (Wildman–Crippen MR) is 79.9 cm³/mol. The molecule has 0 radical (unpaired) electrons. The molecule has 6 heteroatoms. The van der Waals surface area contributed by atoms with Gasteiger partial charge in [0, 0.05) is 19.2 Å². The number of benzene rings is 1. The fourth-order valence-corrected chi connectivity index (χ4v) is 1.93. The second-order valence-electron chi connectivity index (χ2n) is 6.46. The summed E-state index contributed by atoms with van der Waals surface area (Å²) in [6.07, 6.45) is -0.610. The van der Waals surface area contributed by atoms with Crippen LogP contribution in [0.5, 0.6) is 11.5 Å².